The number of para-hydroxylation sites is 3. The zero-order valence-corrected chi connectivity index (χ0v) is 26.1. The van der Waals surface area contributed by atoms with Crippen LogP contribution in [0.3, 0.4) is 0 Å². The average Bonchev–Trinajstić information content (AvgIpc) is 3.81. The first-order valence-corrected chi connectivity index (χ1v) is 16.1. The third kappa shape index (κ3) is 3.79. The predicted molar refractivity (Wildman–Crippen MR) is 197 cm³/mol. The van der Waals surface area contributed by atoms with Crippen molar-refractivity contribution in [1.82, 2.24) is 9.13 Å². The number of nitriles is 2. The lowest BCUT2D eigenvalue weighted by molar-refractivity contribution is 0.673. The molecule has 0 aliphatic rings. The van der Waals surface area contributed by atoms with Crippen molar-refractivity contribution in [3.05, 3.63) is 157 Å². The number of rotatable bonds is 3. The number of nitrogens with zero attached hydrogens (tertiary/aromatic N) is 4. The van der Waals surface area contributed by atoms with Gasteiger partial charge in [0, 0.05) is 38.2 Å². The zero-order valence-electron chi connectivity index (χ0n) is 26.1. The molecule has 0 radical (unpaired) electrons. The maximum absolute atomic E-state index is 10.5. The van der Waals surface area contributed by atoms with Gasteiger partial charge in [-0.05, 0) is 84.4 Å². The minimum atomic E-state index is 0.581. The molecule has 0 aliphatic carbocycles. The minimum absolute atomic E-state index is 0.581. The molecule has 0 amide bonds. The highest BCUT2D eigenvalue weighted by molar-refractivity contribution is 6.24. The molecule has 5 heteroatoms. The van der Waals surface area contributed by atoms with Gasteiger partial charge in [-0.25, -0.2) is 0 Å². The number of aromatic nitrogens is 2. The van der Waals surface area contributed by atoms with E-state index in [0.29, 0.717) is 11.1 Å². The van der Waals surface area contributed by atoms with Crippen LogP contribution in [0.2, 0.25) is 0 Å². The van der Waals surface area contributed by atoms with E-state index in [4.69, 9.17) is 4.42 Å². The van der Waals surface area contributed by atoms with Crippen LogP contribution in [-0.2, 0) is 0 Å². The second kappa shape index (κ2) is 10.2. The summed E-state index contributed by atoms with van der Waals surface area (Å²) in [5.41, 5.74) is 10.7. The van der Waals surface area contributed by atoms with E-state index >= 15 is 0 Å². The Bertz CT molecular complexity index is 3070. The van der Waals surface area contributed by atoms with Crippen molar-refractivity contribution in [3.63, 3.8) is 0 Å². The highest BCUT2D eigenvalue weighted by atomic mass is 16.3. The second-order valence-electron chi connectivity index (χ2n) is 12.3. The molecule has 3 aromatic heterocycles. The molecule has 0 N–H and O–H groups in total. The molecule has 10 aromatic rings. The molecule has 0 unspecified atom stereocenters. The standard InChI is InChI=1S/C44H24N4O/c45-25-27-17-20-37-34(23-27)31-12-4-6-14-36(31)48(37)39-15-8-9-29(26-46)42(39)28-18-21-38-35(24-28)43-40(47(38)30-10-2-1-3-11-30)22-19-33-32-13-5-7-16-41(32)49-44(33)43/h1-24H. The van der Waals surface area contributed by atoms with Gasteiger partial charge in [0.1, 0.15) is 11.2 Å². The van der Waals surface area contributed by atoms with Crippen molar-refractivity contribution < 1.29 is 4.42 Å². The normalized spacial score (nSPS) is 11.6. The van der Waals surface area contributed by atoms with E-state index in [2.05, 4.69) is 100 Å². The van der Waals surface area contributed by atoms with E-state index < -0.39 is 0 Å². The summed E-state index contributed by atoms with van der Waals surface area (Å²) in [6, 6.07) is 54.1. The molecule has 0 spiro atoms. The molecular weight excluding hydrogens is 601 g/mol. The van der Waals surface area contributed by atoms with Gasteiger partial charge in [0.25, 0.3) is 0 Å². The lowest BCUT2D eigenvalue weighted by Crippen LogP contribution is -1.99. The monoisotopic (exact) mass is 624 g/mol. The van der Waals surface area contributed by atoms with Crippen LogP contribution in [0.5, 0.6) is 0 Å². The van der Waals surface area contributed by atoms with Crippen molar-refractivity contribution in [2.24, 2.45) is 0 Å². The van der Waals surface area contributed by atoms with Crippen molar-refractivity contribution in [2.75, 3.05) is 0 Å². The largest absolute Gasteiger partial charge is 0.455 e. The van der Waals surface area contributed by atoms with Gasteiger partial charge < -0.3 is 13.6 Å². The average molecular weight is 625 g/mol. The van der Waals surface area contributed by atoms with Crippen LogP contribution in [0, 0.1) is 22.7 Å². The number of hydrogen-bond donors (Lipinski definition) is 0. The lowest BCUT2D eigenvalue weighted by Gasteiger charge is -2.16. The fourth-order valence-electron chi connectivity index (χ4n) is 7.72. The summed E-state index contributed by atoms with van der Waals surface area (Å²) in [6.07, 6.45) is 0. The molecule has 0 aliphatic heterocycles. The molecule has 7 aromatic carbocycles. The summed E-state index contributed by atoms with van der Waals surface area (Å²) in [7, 11) is 0. The maximum atomic E-state index is 10.5. The topological polar surface area (TPSA) is 70.6 Å². The Hall–Kier alpha value is -7.08. The van der Waals surface area contributed by atoms with Crippen molar-refractivity contribution in [1.29, 1.82) is 10.5 Å². The van der Waals surface area contributed by atoms with Crippen LogP contribution in [0.15, 0.2) is 150 Å². The van der Waals surface area contributed by atoms with Crippen LogP contribution >= 0.6 is 0 Å². The number of fused-ring (bicyclic) bond motifs is 10. The van der Waals surface area contributed by atoms with Crippen LogP contribution in [0.1, 0.15) is 11.1 Å². The molecular formula is C44H24N4O. The summed E-state index contributed by atoms with van der Waals surface area (Å²) < 4.78 is 11.1. The van der Waals surface area contributed by atoms with Crippen molar-refractivity contribution >= 4 is 65.6 Å². The summed E-state index contributed by atoms with van der Waals surface area (Å²) in [6.45, 7) is 0. The number of furan rings is 1. The fourth-order valence-corrected chi connectivity index (χ4v) is 7.72. The minimum Gasteiger partial charge on any atom is -0.455 e. The third-order valence-electron chi connectivity index (χ3n) is 9.78. The fraction of sp³-hybridized carbons (Fsp3) is 0. The molecule has 10 rings (SSSR count). The molecule has 3 heterocycles. The molecule has 0 atom stereocenters. The lowest BCUT2D eigenvalue weighted by atomic mass is 9.96. The second-order valence-corrected chi connectivity index (χ2v) is 12.3. The Morgan fingerprint density at radius 3 is 2.08 bits per heavy atom. The summed E-state index contributed by atoms with van der Waals surface area (Å²) in [4.78, 5) is 0. The van der Waals surface area contributed by atoms with E-state index in [1.54, 1.807) is 0 Å². The number of benzene rings is 7. The van der Waals surface area contributed by atoms with Crippen molar-refractivity contribution in [3.8, 4) is 34.6 Å². The van der Waals surface area contributed by atoms with Gasteiger partial charge >= 0.3 is 0 Å². The summed E-state index contributed by atoms with van der Waals surface area (Å²) in [5.74, 6) is 0. The Morgan fingerprint density at radius 2 is 1.22 bits per heavy atom. The van der Waals surface area contributed by atoms with Gasteiger partial charge in [-0.1, -0.05) is 66.7 Å². The summed E-state index contributed by atoms with van der Waals surface area (Å²) in [5, 5.41) is 26.5. The van der Waals surface area contributed by atoms with Crippen LogP contribution < -0.4 is 0 Å². The van der Waals surface area contributed by atoms with E-state index in [1.165, 1.54) is 0 Å². The first-order valence-electron chi connectivity index (χ1n) is 16.1. The Labute approximate surface area is 280 Å². The van der Waals surface area contributed by atoms with Crippen LogP contribution in [0.25, 0.3) is 88.1 Å². The highest BCUT2D eigenvalue weighted by Gasteiger charge is 2.22. The van der Waals surface area contributed by atoms with E-state index in [1.807, 2.05) is 66.7 Å². The number of hydrogen-bond acceptors (Lipinski definition) is 3. The van der Waals surface area contributed by atoms with E-state index in [9.17, 15) is 10.5 Å². The smallest absolute Gasteiger partial charge is 0.145 e. The van der Waals surface area contributed by atoms with Gasteiger partial charge in [-0.3, -0.25) is 0 Å². The predicted octanol–water partition coefficient (Wildman–Crippen LogP) is 11.2. The van der Waals surface area contributed by atoms with Gasteiger partial charge in [0.2, 0.25) is 0 Å². The van der Waals surface area contributed by atoms with E-state index in [0.717, 1.165) is 88.1 Å². The van der Waals surface area contributed by atoms with Crippen LogP contribution in [-0.4, -0.2) is 9.13 Å². The first kappa shape index (κ1) is 27.1. The highest BCUT2D eigenvalue weighted by Crippen LogP contribution is 2.43. The molecule has 0 fully saturated rings. The van der Waals surface area contributed by atoms with Gasteiger partial charge in [0.05, 0.1) is 56.4 Å². The van der Waals surface area contributed by atoms with Gasteiger partial charge in [0.15, 0.2) is 0 Å². The van der Waals surface area contributed by atoms with Crippen LogP contribution in [0.4, 0.5) is 0 Å². The molecule has 49 heavy (non-hydrogen) atoms. The Kier molecular flexibility index (Phi) is 5.64. The molecule has 226 valence electrons. The summed E-state index contributed by atoms with van der Waals surface area (Å²) >= 11 is 0. The molecule has 0 saturated heterocycles. The maximum Gasteiger partial charge on any atom is 0.145 e. The first-order chi connectivity index (χ1) is 24.2. The van der Waals surface area contributed by atoms with Gasteiger partial charge in [-0.15, -0.1) is 0 Å². The zero-order chi connectivity index (χ0) is 32.6. The van der Waals surface area contributed by atoms with Gasteiger partial charge in [-0.2, -0.15) is 10.5 Å². The Morgan fingerprint density at radius 1 is 0.490 bits per heavy atom. The third-order valence-corrected chi connectivity index (χ3v) is 9.78. The SMILES string of the molecule is N#Cc1ccc2c(c1)c1ccccc1n2-c1cccc(C#N)c1-c1ccc2c(c1)c1c3oc4ccccc4c3ccc1n2-c1ccccc1. The quantitative estimate of drug-likeness (QED) is 0.196. The van der Waals surface area contributed by atoms with E-state index in [-0.39, 0.29) is 0 Å². The van der Waals surface area contributed by atoms with Crippen molar-refractivity contribution in [2.45, 2.75) is 0 Å². The molecule has 5 nitrogen and oxygen atoms in total. The molecule has 0 bridgehead atoms. The Balaban J connectivity index is 1.33. The molecule has 0 saturated carbocycles.